The van der Waals surface area contributed by atoms with Crippen LogP contribution in [0.4, 0.5) is 0 Å². The topological polar surface area (TPSA) is 81.5 Å². The number of ether oxygens (including phenoxy) is 1. The van der Waals surface area contributed by atoms with Crippen LogP contribution in [-0.4, -0.2) is 24.9 Å². The molecule has 2 atom stereocenters. The molecule has 5 N–H and O–H groups in total. The molecule has 0 fully saturated rings. The van der Waals surface area contributed by atoms with Crippen molar-refractivity contribution < 1.29 is 9.84 Å². The van der Waals surface area contributed by atoms with Gasteiger partial charge in [-0.15, -0.1) is 0 Å². The van der Waals surface area contributed by atoms with Crippen molar-refractivity contribution in [1.82, 2.24) is 0 Å². The van der Waals surface area contributed by atoms with Gasteiger partial charge in [0.15, 0.2) is 0 Å². The monoisotopic (exact) mass is 252 g/mol. The summed E-state index contributed by atoms with van der Waals surface area (Å²) in [6, 6.07) is 3.21. The van der Waals surface area contributed by atoms with E-state index in [0.717, 1.165) is 22.4 Å². The van der Waals surface area contributed by atoms with Gasteiger partial charge in [0.1, 0.15) is 5.75 Å². The van der Waals surface area contributed by atoms with Gasteiger partial charge in [0.2, 0.25) is 0 Å². The number of aliphatic hydroxyl groups is 1. The lowest BCUT2D eigenvalue weighted by molar-refractivity contribution is 0.249. The third-order valence-corrected chi connectivity index (χ3v) is 3.27. The number of rotatable bonds is 5. The van der Waals surface area contributed by atoms with E-state index in [1.807, 2.05) is 19.1 Å². The highest BCUT2D eigenvalue weighted by molar-refractivity contribution is 5.45. The molecule has 2 unspecified atom stereocenters. The van der Waals surface area contributed by atoms with Gasteiger partial charge in [-0.25, -0.2) is 0 Å². The fraction of sp³-hybridized carbons (Fsp3) is 0.571. The molecule has 0 aromatic heterocycles. The van der Waals surface area contributed by atoms with Gasteiger partial charge in [-0.3, -0.25) is 0 Å². The number of nitrogens with two attached hydrogens (primary N) is 2. The molecule has 4 nitrogen and oxygen atoms in total. The molecular weight excluding hydrogens is 228 g/mol. The Balaban J connectivity index is 3.25. The van der Waals surface area contributed by atoms with Gasteiger partial charge < -0.3 is 21.3 Å². The first-order valence-electron chi connectivity index (χ1n) is 6.22. The first-order chi connectivity index (χ1) is 8.42. The van der Waals surface area contributed by atoms with Crippen LogP contribution in [0.1, 0.15) is 42.5 Å². The van der Waals surface area contributed by atoms with Crippen LogP contribution in [0.15, 0.2) is 12.1 Å². The zero-order valence-corrected chi connectivity index (χ0v) is 11.6. The van der Waals surface area contributed by atoms with Gasteiger partial charge in [-0.2, -0.15) is 0 Å². The van der Waals surface area contributed by atoms with Crippen molar-refractivity contribution in [1.29, 1.82) is 0 Å². The molecule has 0 bridgehead atoms. The first-order valence-corrected chi connectivity index (χ1v) is 6.22. The summed E-state index contributed by atoms with van der Waals surface area (Å²) in [6.07, 6.45) is 0. The van der Waals surface area contributed by atoms with E-state index in [1.54, 1.807) is 7.11 Å². The molecule has 1 rings (SSSR count). The van der Waals surface area contributed by atoms with E-state index in [4.69, 9.17) is 21.3 Å². The van der Waals surface area contributed by atoms with Crippen molar-refractivity contribution in [2.75, 3.05) is 13.7 Å². The highest BCUT2D eigenvalue weighted by atomic mass is 16.5. The Labute approximate surface area is 109 Å². The summed E-state index contributed by atoms with van der Waals surface area (Å²) in [5.74, 6) is 1.22. The average molecular weight is 252 g/mol. The molecular formula is C14H24N2O2. The second kappa shape index (κ2) is 6.18. The van der Waals surface area contributed by atoms with Gasteiger partial charge in [0.25, 0.3) is 0 Å². The lowest BCUT2D eigenvalue weighted by atomic mass is 9.91. The number of hydrogen-bond acceptors (Lipinski definition) is 4. The molecule has 0 aliphatic carbocycles. The SMILES string of the molecule is COc1cc(C)c(C(N)C(N)CO)cc1C(C)C. The highest BCUT2D eigenvalue weighted by Crippen LogP contribution is 2.32. The molecule has 4 heteroatoms. The third-order valence-electron chi connectivity index (χ3n) is 3.27. The van der Waals surface area contributed by atoms with E-state index in [1.165, 1.54) is 0 Å². The average Bonchev–Trinajstić information content (AvgIpc) is 2.36. The van der Waals surface area contributed by atoms with Crippen molar-refractivity contribution in [2.45, 2.75) is 38.8 Å². The Morgan fingerprint density at radius 2 is 1.83 bits per heavy atom. The summed E-state index contributed by atoms with van der Waals surface area (Å²) in [5.41, 5.74) is 15.0. The summed E-state index contributed by atoms with van der Waals surface area (Å²) in [4.78, 5) is 0. The van der Waals surface area contributed by atoms with Crippen LogP contribution in [0.5, 0.6) is 5.75 Å². The standard InChI is InChI=1S/C14H24N2O2/c1-8(2)10-6-11(14(16)12(15)7-17)9(3)5-13(10)18-4/h5-6,8,12,14,17H,7,15-16H2,1-4H3. The predicted molar refractivity (Wildman–Crippen MR) is 73.8 cm³/mol. The molecule has 102 valence electrons. The molecule has 1 aromatic carbocycles. The molecule has 0 aliphatic heterocycles. The van der Waals surface area contributed by atoms with Crippen molar-refractivity contribution in [3.05, 3.63) is 28.8 Å². The van der Waals surface area contributed by atoms with E-state index >= 15 is 0 Å². The van der Waals surface area contributed by atoms with E-state index in [2.05, 4.69) is 13.8 Å². The second-order valence-corrected chi connectivity index (χ2v) is 4.98. The Morgan fingerprint density at radius 1 is 1.22 bits per heavy atom. The minimum Gasteiger partial charge on any atom is -0.496 e. The van der Waals surface area contributed by atoms with E-state index in [-0.39, 0.29) is 12.6 Å². The number of hydrogen-bond donors (Lipinski definition) is 3. The van der Waals surface area contributed by atoms with E-state index < -0.39 is 6.04 Å². The van der Waals surface area contributed by atoms with Crippen LogP contribution in [-0.2, 0) is 0 Å². The number of methoxy groups -OCH3 is 1. The van der Waals surface area contributed by atoms with Gasteiger partial charge >= 0.3 is 0 Å². The summed E-state index contributed by atoms with van der Waals surface area (Å²) in [7, 11) is 1.67. The maximum Gasteiger partial charge on any atom is 0.122 e. The molecule has 0 heterocycles. The van der Waals surface area contributed by atoms with Gasteiger partial charge in [-0.05, 0) is 41.7 Å². The summed E-state index contributed by atoms with van der Waals surface area (Å²) < 4.78 is 5.39. The number of aliphatic hydroxyl groups excluding tert-OH is 1. The summed E-state index contributed by atoms with van der Waals surface area (Å²) in [6.45, 7) is 6.07. The van der Waals surface area contributed by atoms with Crippen molar-refractivity contribution in [2.24, 2.45) is 11.5 Å². The minimum atomic E-state index is -0.447. The molecule has 0 amide bonds. The van der Waals surface area contributed by atoms with Crippen LogP contribution < -0.4 is 16.2 Å². The Kier molecular flexibility index (Phi) is 5.14. The molecule has 0 aliphatic rings. The van der Waals surface area contributed by atoms with Gasteiger partial charge in [0, 0.05) is 12.1 Å². The van der Waals surface area contributed by atoms with Gasteiger partial charge in [-0.1, -0.05) is 13.8 Å². The van der Waals surface area contributed by atoms with E-state index in [0.29, 0.717) is 5.92 Å². The fourth-order valence-electron chi connectivity index (χ4n) is 2.05. The normalized spacial score (nSPS) is 14.7. The largest absolute Gasteiger partial charge is 0.496 e. The molecule has 0 saturated carbocycles. The van der Waals surface area contributed by atoms with Crippen LogP contribution in [0.2, 0.25) is 0 Å². The van der Waals surface area contributed by atoms with Crippen LogP contribution >= 0.6 is 0 Å². The fourth-order valence-corrected chi connectivity index (χ4v) is 2.05. The number of aryl methyl sites for hydroxylation is 1. The molecule has 18 heavy (non-hydrogen) atoms. The molecule has 0 spiro atoms. The lowest BCUT2D eigenvalue weighted by Gasteiger charge is -2.23. The maximum atomic E-state index is 9.11. The molecule has 0 saturated heterocycles. The molecule has 0 radical (unpaired) electrons. The Bertz CT molecular complexity index is 405. The third kappa shape index (κ3) is 3.02. The van der Waals surface area contributed by atoms with Crippen molar-refractivity contribution >= 4 is 0 Å². The zero-order chi connectivity index (χ0) is 13.9. The Morgan fingerprint density at radius 3 is 2.28 bits per heavy atom. The summed E-state index contributed by atoms with van der Waals surface area (Å²) in [5, 5.41) is 9.11. The van der Waals surface area contributed by atoms with Crippen molar-refractivity contribution in [3.63, 3.8) is 0 Å². The van der Waals surface area contributed by atoms with Crippen LogP contribution in [0.3, 0.4) is 0 Å². The van der Waals surface area contributed by atoms with Gasteiger partial charge in [0.05, 0.1) is 13.7 Å². The predicted octanol–water partition coefficient (Wildman–Crippen LogP) is 1.45. The smallest absolute Gasteiger partial charge is 0.122 e. The van der Waals surface area contributed by atoms with Crippen molar-refractivity contribution in [3.8, 4) is 5.75 Å². The zero-order valence-electron chi connectivity index (χ0n) is 11.6. The quantitative estimate of drug-likeness (QED) is 0.740. The minimum absolute atomic E-state index is 0.121. The first kappa shape index (κ1) is 15.0. The highest BCUT2D eigenvalue weighted by Gasteiger charge is 2.19. The van der Waals surface area contributed by atoms with Crippen LogP contribution in [0, 0.1) is 6.92 Å². The lowest BCUT2D eigenvalue weighted by Crippen LogP contribution is -2.37. The Hall–Kier alpha value is -1.10. The van der Waals surface area contributed by atoms with E-state index in [9.17, 15) is 0 Å². The molecule has 1 aromatic rings. The van der Waals surface area contributed by atoms with Crippen LogP contribution in [0.25, 0.3) is 0 Å². The number of benzene rings is 1. The maximum absolute atomic E-state index is 9.11. The summed E-state index contributed by atoms with van der Waals surface area (Å²) >= 11 is 0. The second-order valence-electron chi connectivity index (χ2n) is 4.98.